The van der Waals surface area contributed by atoms with Crippen LogP contribution in [0.25, 0.3) is 11.4 Å². The first-order valence-corrected chi connectivity index (χ1v) is 11.1. The normalized spacial score (nSPS) is 27.9. The minimum atomic E-state index is -1.46. The maximum Gasteiger partial charge on any atom is 0.180 e. The molecule has 13 heteroatoms. The van der Waals surface area contributed by atoms with E-state index in [-0.39, 0.29) is 10.6 Å². The van der Waals surface area contributed by atoms with Gasteiger partial charge in [-0.1, -0.05) is 22.9 Å². The number of aromatic nitrogens is 4. The number of thiol groups is 1. The summed E-state index contributed by atoms with van der Waals surface area (Å²) in [4.78, 5) is 4.23. The molecule has 4 rings (SSSR count). The Morgan fingerprint density at radius 2 is 2.25 bits per heavy atom. The molecule has 0 saturated carbocycles. The molecule has 1 aliphatic heterocycles. The van der Waals surface area contributed by atoms with E-state index in [9.17, 15) is 15.5 Å². The Morgan fingerprint density at radius 3 is 2.84 bits per heavy atom. The molecule has 4 N–H and O–H groups in total. The van der Waals surface area contributed by atoms with Crippen molar-refractivity contribution in [2.75, 3.05) is 19.5 Å². The van der Waals surface area contributed by atoms with Crippen LogP contribution in [0, 0.1) is 11.3 Å². The number of rotatable bonds is 5. The molecule has 0 amide bonds. The molecule has 0 spiro atoms. The monoisotopic (exact) mass is 494 g/mol. The molecule has 0 aliphatic carbocycles. The van der Waals surface area contributed by atoms with Crippen molar-refractivity contribution < 1.29 is 19.7 Å². The lowest BCUT2D eigenvalue weighted by molar-refractivity contribution is -0.213. The first-order valence-electron chi connectivity index (χ1n) is 9.36. The number of nitrogens with two attached hydrogens (primary N) is 1. The largest absolute Gasteiger partial charge is 0.394 e. The number of hydrogen-bond acceptors (Lipinski definition) is 11. The topological polar surface area (TPSA) is 152 Å². The first-order chi connectivity index (χ1) is 15.4. The summed E-state index contributed by atoms with van der Waals surface area (Å²) in [7, 11) is 1.45. The standard InChI is InChI=1S/C19H19ClN6O4S2/c1-29-16-17(31)30-14(7-27)15(28)19(16,10-3-2-9(5-21)11(20)4-10)26-6-12(24-25-26)13-8-32-18(22)23-13/h2-4,6,8,14-17,27-28,31H,7H2,1H3,(H2,22,23)/t14-,15+,16+,17-,19+/m0/s1. The van der Waals surface area contributed by atoms with E-state index < -0.39 is 35.9 Å². The number of aliphatic hydroxyl groups excluding tert-OH is 2. The number of benzene rings is 1. The maximum atomic E-state index is 11.5. The third-order valence-corrected chi connectivity index (χ3v) is 6.83. The SMILES string of the molecule is CO[C@@H]1[C@H](S)O[C@@H](CO)[C@@H](O)[C@@]1(c1ccc(C#N)c(Cl)c1)n1cc(-c2csc(N)n2)nn1. The lowest BCUT2D eigenvalue weighted by atomic mass is 9.75. The van der Waals surface area contributed by atoms with Gasteiger partial charge in [0.15, 0.2) is 5.13 Å². The van der Waals surface area contributed by atoms with E-state index in [4.69, 9.17) is 26.8 Å². The zero-order valence-electron chi connectivity index (χ0n) is 16.7. The van der Waals surface area contributed by atoms with Crippen molar-refractivity contribution in [2.45, 2.75) is 29.3 Å². The molecule has 1 aromatic carbocycles. The number of hydrogen-bond donors (Lipinski definition) is 4. The molecular weight excluding hydrogens is 476 g/mol. The van der Waals surface area contributed by atoms with E-state index in [2.05, 4.69) is 27.9 Å². The van der Waals surface area contributed by atoms with Gasteiger partial charge in [0.05, 0.1) is 23.4 Å². The lowest BCUT2D eigenvalue weighted by Crippen LogP contribution is -2.67. The van der Waals surface area contributed by atoms with Gasteiger partial charge in [0.25, 0.3) is 0 Å². The van der Waals surface area contributed by atoms with Crippen molar-refractivity contribution in [3.05, 3.63) is 45.9 Å². The minimum absolute atomic E-state index is 0.182. The Bertz CT molecular complexity index is 1170. The highest BCUT2D eigenvalue weighted by Crippen LogP contribution is 2.45. The molecule has 0 bridgehead atoms. The Hall–Kier alpha value is -2.24. The number of nitrogen functional groups attached to an aromatic ring is 1. The molecule has 3 aromatic rings. The van der Waals surface area contributed by atoms with Crippen LogP contribution >= 0.6 is 35.6 Å². The summed E-state index contributed by atoms with van der Waals surface area (Å²) < 4.78 is 12.9. The van der Waals surface area contributed by atoms with Crippen molar-refractivity contribution in [3.8, 4) is 17.5 Å². The summed E-state index contributed by atoms with van der Waals surface area (Å²) in [6.45, 7) is -0.482. The third-order valence-electron chi connectivity index (χ3n) is 5.45. The van der Waals surface area contributed by atoms with Gasteiger partial charge in [0.1, 0.15) is 46.7 Å². The summed E-state index contributed by atoms with van der Waals surface area (Å²) >= 11 is 12.1. The Balaban J connectivity index is 1.97. The Morgan fingerprint density at radius 1 is 1.47 bits per heavy atom. The van der Waals surface area contributed by atoms with Gasteiger partial charge >= 0.3 is 0 Å². The number of anilines is 1. The van der Waals surface area contributed by atoms with Crippen molar-refractivity contribution in [1.29, 1.82) is 5.26 Å². The van der Waals surface area contributed by atoms with Crippen molar-refractivity contribution in [1.82, 2.24) is 20.0 Å². The highest BCUT2D eigenvalue weighted by atomic mass is 35.5. The number of ether oxygens (including phenoxy) is 2. The molecule has 10 nitrogen and oxygen atoms in total. The van der Waals surface area contributed by atoms with Gasteiger partial charge in [0, 0.05) is 12.5 Å². The maximum absolute atomic E-state index is 11.5. The molecular formula is C19H19ClN6O4S2. The van der Waals surface area contributed by atoms with Crippen molar-refractivity contribution >= 4 is 40.7 Å². The van der Waals surface area contributed by atoms with E-state index >= 15 is 0 Å². The fourth-order valence-corrected chi connectivity index (χ4v) is 5.27. The zero-order chi connectivity index (χ0) is 23.0. The van der Waals surface area contributed by atoms with Crippen molar-refractivity contribution in [2.24, 2.45) is 0 Å². The van der Waals surface area contributed by atoms with Crippen LogP contribution in [-0.2, 0) is 15.0 Å². The number of thiazole rings is 1. The van der Waals surface area contributed by atoms with E-state index in [1.807, 2.05) is 6.07 Å². The molecule has 2 aromatic heterocycles. The molecule has 32 heavy (non-hydrogen) atoms. The predicted molar refractivity (Wildman–Crippen MR) is 120 cm³/mol. The van der Waals surface area contributed by atoms with Gasteiger partial charge < -0.3 is 25.4 Å². The lowest BCUT2D eigenvalue weighted by Gasteiger charge is -2.51. The van der Waals surface area contributed by atoms with Gasteiger partial charge in [-0.15, -0.1) is 29.1 Å². The van der Waals surface area contributed by atoms with E-state index in [0.29, 0.717) is 22.1 Å². The smallest absolute Gasteiger partial charge is 0.180 e. The van der Waals surface area contributed by atoms with Gasteiger partial charge in [0.2, 0.25) is 0 Å². The second-order valence-electron chi connectivity index (χ2n) is 7.10. The Kier molecular flexibility index (Phi) is 6.42. The molecule has 1 aliphatic rings. The highest BCUT2D eigenvalue weighted by molar-refractivity contribution is 7.80. The average Bonchev–Trinajstić information content (AvgIpc) is 3.44. The molecule has 0 unspecified atom stereocenters. The fraction of sp³-hybridized carbons (Fsp3) is 0.368. The third kappa shape index (κ3) is 3.56. The predicted octanol–water partition coefficient (Wildman–Crippen LogP) is 1.28. The van der Waals surface area contributed by atoms with Crippen LogP contribution in [0.4, 0.5) is 5.13 Å². The second-order valence-corrected chi connectivity index (χ2v) is 8.91. The molecule has 1 saturated heterocycles. The molecule has 1 fully saturated rings. The van der Waals surface area contributed by atoms with Gasteiger partial charge in [-0.3, -0.25) is 0 Å². The van der Waals surface area contributed by atoms with Crippen LogP contribution in [0.3, 0.4) is 0 Å². The van der Waals surface area contributed by atoms with E-state index in [1.54, 1.807) is 23.7 Å². The zero-order valence-corrected chi connectivity index (χ0v) is 19.1. The molecule has 3 heterocycles. The average molecular weight is 495 g/mol. The van der Waals surface area contributed by atoms with Crippen LogP contribution in [0.15, 0.2) is 29.8 Å². The van der Waals surface area contributed by atoms with Gasteiger partial charge in [-0.25, -0.2) is 9.67 Å². The number of halogens is 1. The second kappa shape index (κ2) is 8.95. The number of nitriles is 1. The number of nitrogens with zero attached hydrogens (tertiary/aromatic N) is 5. The number of methoxy groups -OCH3 is 1. The Labute approximate surface area is 197 Å². The van der Waals surface area contributed by atoms with Crippen LogP contribution in [0.5, 0.6) is 0 Å². The summed E-state index contributed by atoms with van der Waals surface area (Å²) in [5.74, 6) is 0. The summed E-state index contributed by atoms with van der Waals surface area (Å²) in [6.07, 6.45) is -1.65. The van der Waals surface area contributed by atoms with Crippen LogP contribution in [-0.4, -0.2) is 67.7 Å². The highest BCUT2D eigenvalue weighted by Gasteiger charge is 2.59. The summed E-state index contributed by atoms with van der Waals surface area (Å²) in [5, 5.41) is 41.4. The molecule has 168 valence electrons. The minimum Gasteiger partial charge on any atom is -0.394 e. The van der Waals surface area contributed by atoms with Crippen LogP contribution in [0.2, 0.25) is 5.02 Å². The summed E-state index contributed by atoms with van der Waals surface area (Å²) in [5.41, 5.74) is 5.10. The van der Waals surface area contributed by atoms with E-state index in [1.165, 1.54) is 29.2 Å². The quantitative estimate of drug-likeness (QED) is 0.384. The van der Waals surface area contributed by atoms with Crippen LogP contribution in [0.1, 0.15) is 11.1 Å². The first kappa shape index (κ1) is 22.9. The summed E-state index contributed by atoms with van der Waals surface area (Å²) in [6, 6.07) is 6.74. The van der Waals surface area contributed by atoms with Gasteiger partial charge in [-0.05, 0) is 17.7 Å². The fourth-order valence-electron chi connectivity index (χ4n) is 3.99. The van der Waals surface area contributed by atoms with E-state index in [0.717, 1.165) is 0 Å². The molecule has 0 radical (unpaired) electrons. The van der Waals surface area contributed by atoms with Crippen molar-refractivity contribution in [3.63, 3.8) is 0 Å². The van der Waals surface area contributed by atoms with Crippen LogP contribution < -0.4 is 5.73 Å². The number of aliphatic hydroxyl groups is 2. The molecule has 5 atom stereocenters. The van der Waals surface area contributed by atoms with Gasteiger partial charge in [-0.2, -0.15) is 5.26 Å².